The number of Topliss-reactive ketones (excluding diaryl/α,β-unsaturated/α-hetero) is 1. The number of unbranched alkanes of at least 4 members (excludes halogenated alkanes) is 1. The zero-order chi connectivity index (χ0) is 14.1. The first-order chi connectivity index (χ1) is 7.60. The van der Waals surface area contributed by atoms with Gasteiger partial charge in [-0.15, -0.1) is 0 Å². The number of carboxylic acid groups (broad SMARTS) is 1. The molecule has 100 valence electrons. The molecule has 0 aromatic rings. The highest BCUT2D eigenvalue weighted by Gasteiger charge is 2.18. The van der Waals surface area contributed by atoms with Crippen molar-refractivity contribution in [3.8, 4) is 0 Å². The normalized spacial score (nSPS) is 9.94. The number of esters is 1. The lowest BCUT2D eigenvalue weighted by Gasteiger charge is -2.17. The number of rotatable bonds is 4. The number of hydrogen-bond donors (Lipinski definition) is 1. The second kappa shape index (κ2) is 8.73. The number of hydrogen-bond acceptors (Lipinski definition) is 4. The maximum Gasteiger partial charge on any atom is 0.374 e. The van der Waals surface area contributed by atoms with E-state index in [1.165, 1.54) is 6.92 Å². The Kier molecular flexibility index (Phi) is 9.23. The summed E-state index contributed by atoms with van der Waals surface area (Å²) in [5.74, 6) is -2.02. The van der Waals surface area contributed by atoms with Crippen LogP contribution >= 0.6 is 0 Å². The minimum atomic E-state index is -0.771. The lowest BCUT2D eigenvalue weighted by atomic mass is 10.2. The average Bonchev–Trinajstić information content (AvgIpc) is 2.12. The van der Waals surface area contributed by atoms with Gasteiger partial charge in [0.15, 0.2) is 0 Å². The first-order valence-corrected chi connectivity index (χ1v) is 5.55. The zero-order valence-electron chi connectivity index (χ0n) is 11.2. The van der Waals surface area contributed by atoms with Crippen LogP contribution in [0, 0.1) is 0 Å². The highest BCUT2D eigenvalue weighted by atomic mass is 16.6. The Morgan fingerprint density at radius 2 is 1.65 bits per heavy atom. The standard InChI is InChI=1S/C7H12O3.C5H10O2/c1-5(8)6(9)10-7(2,3)4;1-2-3-4-5(6)7/h1-4H3;2-4H2,1H3,(H,6,7). The van der Waals surface area contributed by atoms with Gasteiger partial charge in [0.25, 0.3) is 0 Å². The van der Waals surface area contributed by atoms with Crippen molar-refractivity contribution in [1.82, 2.24) is 0 Å². The Morgan fingerprint density at radius 1 is 1.18 bits per heavy atom. The SMILES string of the molecule is CC(=O)C(=O)OC(C)(C)C.CCCCC(=O)O. The Morgan fingerprint density at radius 3 is 1.76 bits per heavy atom. The van der Waals surface area contributed by atoms with Crippen LogP contribution in [-0.4, -0.2) is 28.4 Å². The molecule has 17 heavy (non-hydrogen) atoms. The first kappa shape index (κ1) is 18.0. The second-order valence-electron chi connectivity index (χ2n) is 4.56. The van der Waals surface area contributed by atoms with Crippen molar-refractivity contribution in [3.05, 3.63) is 0 Å². The van der Waals surface area contributed by atoms with Crippen molar-refractivity contribution in [2.75, 3.05) is 0 Å². The third kappa shape index (κ3) is 17.2. The molecule has 0 heterocycles. The van der Waals surface area contributed by atoms with Crippen LogP contribution in [0.15, 0.2) is 0 Å². The molecule has 0 aromatic heterocycles. The quantitative estimate of drug-likeness (QED) is 0.607. The molecule has 0 rings (SSSR count). The van der Waals surface area contributed by atoms with E-state index in [2.05, 4.69) is 0 Å². The molecule has 0 radical (unpaired) electrons. The van der Waals surface area contributed by atoms with Crippen molar-refractivity contribution in [1.29, 1.82) is 0 Å². The summed E-state index contributed by atoms with van der Waals surface area (Å²) >= 11 is 0. The number of carbonyl (C=O) groups excluding carboxylic acids is 2. The topological polar surface area (TPSA) is 80.7 Å². The predicted molar refractivity (Wildman–Crippen MR) is 63.7 cm³/mol. The third-order valence-electron chi connectivity index (χ3n) is 1.43. The van der Waals surface area contributed by atoms with Crippen LogP contribution in [-0.2, 0) is 19.1 Å². The molecule has 0 saturated carbocycles. The summed E-state index contributed by atoms with van der Waals surface area (Å²) in [5, 5.41) is 8.04. The van der Waals surface area contributed by atoms with Crippen LogP contribution in [0.1, 0.15) is 53.9 Å². The summed E-state index contributed by atoms with van der Waals surface area (Å²) in [7, 11) is 0. The lowest BCUT2D eigenvalue weighted by molar-refractivity contribution is -0.161. The van der Waals surface area contributed by atoms with Crippen molar-refractivity contribution in [2.24, 2.45) is 0 Å². The summed E-state index contributed by atoms with van der Waals surface area (Å²) in [6, 6.07) is 0. The van der Waals surface area contributed by atoms with Gasteiger partial charge in [0.05, 0.1) is 0 Å². The highest BCUT2D eigenvalue weighted by Crippen LogP contribution is 2.06. The summed E-state index contributed by atoms with van der Waals surface area (Å²) in [5.41, 5.74) is -0.567. The third-order valence-corrected chi connectivity index (χ3v) is 1.43. The van der Waals surface area contributed by atoms with E-state index in [4.69, 9.17) is 9.84 Å². The fourth-order valence-corrected chi connectivity index (χ4v) is 0.678. The summed E-state index contributed by atoms with van der Waals surface area (Å²) in [4.78, 5) is 30.7. The molecular weight excluding hydrogens is 224 g/mol. The number of aliphatic carboxylic acids is 1. The van der Waals surface area contributed by atoms with Crippen LogP contribution in [0.3, 0.4) is 0 Å². The Bertz CT molecular complexity index is 263. The van der Waals surface area contributed by atoms with Gasteiger partial charge in [0, 0.05) is 13.3 Å². The van der Waals surface area contributed by atoms with E-state index in [0.29, 0.717) is 6.42 Å². The van der Waals surface area contributed by atoms with Crippen molar-refractivity contribution >= 4 is 17.7 Å². The molecule has 0 saturated heterocycles. The van der Waals surface area contributed by atoms with Crippen molar-refractivity contribution in [2.45, 2.75) is 59.5 Å². The molecule has 0 bridgehead atoms. The fourth-order valence-electron chi connectivity index (χ4n) is 0.678. The Hall–Kier alpha value is -1.39. The van der Waals surface area contributed by atoms with E-state index in [0.717, 1.165) is 12.8 Å². The zero-order valence-corrected chi connectivity index (χ0v) is 11.2. The summed E-state index contributed by atoms with van der Waals surface area (Å²) in [6.07, 6.45) is 2.08. The largest absolute Gasteiger partial charge is 0.481 e. The molecule has 0 aliphatic carbocycles. The monoisotopic (exact) mass is 246 g/mol. The molecule has 0 aliphatic rings. The number of ether oxygens (including phenoxy) is 1. The van der Waals surface area contributed by atoms with Gasteiger partial charge in [0.1, 0.15) is 5.60 Å². The molecule has 5 nitrogen and oxygen atoms in total. The molecular formula is C12H22O5. The van der Waals surface area contributed by atoms with Crippen LogP contribution < -0.4 is 0 Å². The molecule has 5 heteroatoms. The summed E-state index contributed by atoms with van der Waals surface area (Å²) < 4.78 is 4.71. The number of ketones is 1. The van der Waals surface area contributed by atoms with Crippen molar-refractivity contribution < 1.29 is 24.2 Å². The average molecular weight is 246 g/mol. The van der Waals surface area contributed by atoms with E-state index in [1.54, 1.807) is 20.8 Å². The smallest absolute Gasteiger partial charge is 0.374 e. The van der Waals surface area contributed by atoms with Gasteiger partial charge in [-0.3, -0.25) is 9.59 Å². The summed E-state index contributed by atoms with van der Waals surface area (Å²) in [6.45, 7) is 8.31. The van der Waals surface area contributed by atoms with Gasteiger partial charge >= 0.3 is 11.9 Å². The first-order valence-electron chi connectivity index (χ1n) is 5.55. The molecule has 0 amide bonds. The van der Waals surface area contributed by atoms with Crippen LogP contribution in [0.25, 0.3) is 0 Å². The van der Waals surface area contributed by atoms with Gasteiger partial charge in [-0.25, -0.2) is 4.79 Å². The molecule has 0 unspecified atom stereocenters. The maximum atomic E-state index is 10.6. The molecule has 0 aromatic carbocycles. The maximum absolute atomic E-state index is 10.6. The highest BCUT2D eigenvalue weighted by molar-refractivity contribution is 6.32. The van der Waals surface area contributed by atoms with E-state index >= 15 is 0 Å². The fraction of sp³-hybridized carbons (Fsp3) is 0.750. The van der Waals surface area contributed by atoms with E-state index in [9.17, 15) is 14.4 Å². The van der Waals surface area contributed by atoms with Crippen molar-refractivity contribution in [3.63, 3.8) is 0 Å². The van der Waals surface area contributed by atoms with Gasteiger partial charge in [0.2, 0.25) is 5.78 Å². The minimum absolute atomic E-state index is 0.316. The van der Waals surface area contributed by atoms with Crippen LogP contribution in [0.5, 0.6) is 0 Å². The molecule has 0 atom stereocenters. The molecule has 0 spiro atoms. The van der Waals surface area contributed by atoms with Crippen LogP contribution in [0.4, 0.5) is 0 Å². The van der Waals surface area contributed by atoms with Gasteiger partial charge in [-0.1, -0.05) is 13.3 Å². The number of carboxylic acids is 1. The predicted octanol–water partition coefficient (Wildman–Crippen LogP) is 2.18. The van der Waals surface area contributed by atoms with E-state index in [-0.39, 0.29) is 0 Å². The minimum Gasteiger partial charge on any atom is -0.481 e. The van der Waals surface area contributed by atoms with E-state index in [1.807, 2.05) is 6.92 Å². The van der Waals surface area contributed by atoms with Gasteiger partial charge in [-0.2, -0.15) is 0 Å². The molecule has 0 aliphatic heterocycles. The van der Waals surface area contributed by atoms with E-state index < -0.39 is 23.3 Å². The Labute approximate surface area is 102 Å². The van der Waals surface area contributed by atoms with Gasteiger partial charge in [-0.05, 0) is 27.2 Å². The van der Waals surface area contributed by atoms with Crippen LogP contribution in [0.2, 0.25) is 0 Å². The second-order valence-corrected chi connectivity index (χ2v) is 4.56. The number of carbonyl (C=O) groups is 3. The lowest BCUT2D eigenvalue weighted by Crippen LogP contribution is -2.27. The van der Waals surface area contributed by atoms with Gasteiger partial charge < -0.3 is 9.84 Å². The molecule has 0 fully saturated rings. The molecule has 1 N–H and O–H groups in total. The Balaban J connectivity index is 0.